The van der Waals surface area contributed by atoms with Gasteiger partial charge in [0.1, 0.15) is 23.9 Å². The van der Waals surface area contributed by atoms with Crippen molar-refractivity contribution in [2.75, 3.05) is 0 Å². The monoisotopic (exact) mass is 543 g/mol. The second-order valence-electron chi connectivity index (χ2n) is 8.04. The molecule has 0 saturated carbocycles. The van der Waals surface area contributed by atoms with Crippen molar-refractivity contribution in [1.29, 1.82) is 0 Å². The van der Waals surface area contributed by atoms with Crippen LogP contribution in [0.15, 0.2) is 60.6 Å². The Labute approximate surface area is 198 Å². The van der Waals surface area contributed by atoms with Crippen molar-refractivity contribution in [3.05, 3.63) is 74.3 Å². The van der Waals surface area contributed by atoms with E-state index in [9.17, 15) is 0 Å². The lowest BCUT2D eigenvalue weighted by Gasteiger charge is -2.13. The Kier molecular flexibility index (Phi) is 6.44. The molecule has 0 bridgehead atoms. The van der Waals surface area contributed by atoms with E-state index in [1.54, 1.807) is 12.5 Å². The van der Waals surface area contributed by atoms with Crippen molar-refractivity contribution in [2.45, 2.75) is 46.0 Å². The molecule has 0 fully saturated rings. The van der Waals surface area contributed by atoms with E-state index in [1.165, 1.54) is 5.56 Å². The van der Waals surface area contributed by atoms with Crippen LogP contribution in [0.1, 0.15) is 62.0 Å². The van der Waals surface area contributed by atoms with Crippen LogP contribution in [0.25, 0.3) is 23.2 Å². The molecule has 0 radical (unpaired) electrons. The zero-order valence-corrected chi connectivity index (χ0v) is 21.0. The van der Waals surface area contributed by atoms with E-state index in [-0.39, 0.29) is 11.8 Å². The van der Waals surface area contributed by atoms with Gasteiger partial charge in [-0.05, 0) is 61.2 Å². The van der Waals surface area contributed by atoms with E-state index >= 15 is 0 Å². The van der Waals surface area contributed by atoms with Gasteiger partial charge in [-0.2, -0.15) is 0 Å². The minimum Gasteiger partial charge on any atom is -0.443 e. The summed E-state index contributed by atoms with van der Waals surface area (Å²) in [6.07, 6.45) is 4.07. The van der Waals surface area contributed by atoms with E-state index in [1.807, 2.05) is 18.2 Å². The van der Waals surface area contributed by atoms with Crippen molar-refractivity contribution in [3.63, 3.8) is 0 Å². The molecule has 0 N–H and O–H groups in total. The number of oxazole rings is 2. The molecule has 7 heteroatoms. The summed E-state index contributed by atoms with van der Waals surface area (Å²) in [4.78, 5) is 14.2. The largest absolute Gasteiger partial charge is 0.443 e. The maximum atomic E-state index is 5.80. The molecular weight excluding hydrogens is 522 g/mol. The molecule has 160 valence electrons. The summed E-state index contributed by atoms with van der Waals surface area (Å²) in [5, 5.41) is 0. The van der Waals surface area contributed by atoms with Crippen LogP contribution in [0.5, 0.6) is 0 Å². The maximum Gasteiger partial charge on any atom is 0.246 e. The highest BCUT2D eigenvalue weighted by atomic mass is 79.9. The first-order valence-corrected chi connectivity index (χ1v) is 11.8. The van der Waals surface area contributed by atoms with Gasteiger partial charge in [-0.15, -0.1) is 0 Å². The molecule has 1 aromatic carbocycles. The summed E-state index contributed by atoms with van der Waals surface area (Å²) >= 11 is 7.53. The Balaban J connectivity index is 1.90. The molecule has 0 aliphatic heterocycles. The van der Waals surface area contributed by atoms with Crippen LogP contribution in [0, 0.1) is 0 Å². The second-order valence-corrected chi connectivity index (χ2v) is 9.63. The highest BCUT2D eigenvalue weighted by molar-refractivity contribution is 9.11. The van der Waals surface area contributed by atoms with Crippen molar-refractivity contribution in [1.82, 2.24) is 15.0 Å². The summed E-state index contributed by atoms with van der Waals surface area (Å²) < 4.78 is 13.3. The first-order chi connectivity index (χ1) is 14.8. The molecule has 0 aliphatic rings. The van der Waals surface area contributed by atoms with Crippen LogP contribution in [0.2, 0.25) is 0 Å². The lowest BCUT2D eigenvalue weighted by Crippen LogP contribution is -2.01. The zero-order valence-electron chi connectivity index (χ0n) is 17.8. The molecule has 4 aromatic rings. The average molecular weight is 545 g/mol. The van der Waals surface area contributed by atoms with Crippen molar-refractivity contribution < 1.29 is 8.83 Å². The normalized spacial score (nSPS) is 11.6. The Morgan fingerprint density at radius 2 is 1.23 bits per heavy atom. The zero-order chi connectivity index (χ0) is 22.1. The number of benzene rings is 1. The smallest absolute Gasteiger partial charge is 0.246 e. The SMILES string of the molecule is CC(C)c1coc(-c2nc(-c3nc(C(C)C)co3)c(Br)c(Cc3ccccc3)c2Br)n1. The lowest BCUT2D eigenvalue weighted by molar-refractivity contribution is 0.563. The number of aromatic nitrogens is 3. The molecule has 0 amide bonds. The van der Waals surface area contributed by atoms with E-state index < -0.39 is 0 Å². The van der Waals surface area contributed by atoms with Crippen LogP contribution in [0.4, 0.5) is 0 Å². The van der Waals surface area contributed by atoms with Gasteiger partial charge in [0.25, 0.3) is 0 Å². The average Bonchev–Trinajstić information content (AvgIpc) is 3.42. The fourth-order valence-corrected chi connectivity index (χ4v) is 4.61. The van der Waals surface area contributed by atoms with Gasteiger partial charge in [0.2, 0.25) is 11.8 Å². The highest BCUT2D eigenvalue weighted by Crippen LogP contribution is 2.40. The first kappa shape index (κ1) is 22.0. The lowest BCUT2D eigenvalue weighted by atomic mass is 10.0. The Bertz CT molecular complexity index is 1130. The van der Waals surface area contributed by atoms with E-state index in [0.29, 0.717) is 29.6 Å². The minimum atomic E-state index is 0.260. The molecule has 3 heterocycles. The molecule has 0 saturated heterocycles. The van der Waals surface area contributed by atoms with Crippen molar-refractivity contribution >= 4 is 31.9 Å². The number of nitrogens with zero attached hydrogens (tertiary/aromatic N) is 3. The molecule has 3 aromatic heterocycles. The van der Waals surface area contributed by atoms with Crippen LogP contribution in [-0.4, -0.2) is 15.0 Å². The van der Waals surface area contributed by atoms with Gasteiger partial charge in [0, 0.05) is 0 Å². The van der Waals surface area contributed by atoms with Gasteiger partial charge in [-0.1, -0.05) is 58.0 Å². The highest BCUT2D eigenvalue weighted by Gasteiger charge is 2.25. The van der Waals surface area contributed by atoms with Gasteiger partial charge in [0.05, 0.1) is 20.3 Å². The third kappa shape index (κ3) is 4.53. The summed E-state index contributed by atoms with van der Waals surface area (Å²) in [6, 6.07) is 10.3. The summed E-state index contributed by atoms with van der Waals surface area (Å²) in [5.74, 6) is 1.45. The van der Waals surface area contributed by atoms with E-state index in [2.05, 4.69) is 81.7 Å². The number of pyridine rings is 1. The molecule has 4 rings (SSSR count). The van der Waals surface area contributed by atoms with Crippen LogP contribution in [0.3, 0.4) is 0 Å². The number of hydrogen-bond donors (Lipinski definition) is 0. The fourth-order valence-electron chi connectivity index (χ4n) is 3.15. The second kappa shape index (κ2) is 9.09. The van der Waals surface area contributed by atoms with Crippen molar-refractivity contribution in [3.8, 4) is 23.2 Å². The van der Waals surface area contributed by atoms with E-state index in [0.717, 1.165) is 25.9 Å². The van der Waals surface area contributed by atoms with Gasteiger partial charge < -0.3 is 8.83 Å². The predicted octanol–water partition coefficient (Wildman–Crippen LogP) is 7.75. The first-order valence-electron chi connectivity index (χ1n) is 10.2. The van der Waals surface area contributed by atoms with Gasteiger partial charge >= 0.3 is 0 Å². The summed E-state index contributed by atoms with van der Waals surface area (Å²) in [7, 11) is 0. The Morgan fingerprint density at radius 1 is 0.742 bits per heavy atom. The third-order valence-corrected chi connectivity index (χ3v) is 6.73. The van der Waals surface area contributed by atoms with Crippen LogP contribution in [-0.2, 0) is 6.42 Å². The van der Waals surface area contributed by atoms with Gasteiger partial charge in [0.15, 0.2) is 0 Å². The number of rotatable bonds is 6. The quantitative estimate of drug-likeness (QED) is 0.248. The molecule has 0 unspecified atom stereocenters. The summed E-state index contributed by atoms with van der Waals surface area (Å²) in [5.41, 5.74) is 5.23. The molecule has 0 atom stereocenters. The summed E-state index contributed by atoms with van der Waals surface area (Å²) in [6.45, 7) is 8.33. The van der Waals surface area contributed by atoms with Gasteiger partial charge in [-0.25, -0.2) is 15.0 Å². The Hall–Kier alpha value is -2.25. The van der Waals surface area contributed by atoms with Crippen LogP contribution >= 0.6 is 31.9 Å². The third-order valence-electron chi connectivity index (χ3n) is 5.03. The number of halogens is 2. The molecule has 5 nitrogen and oxygen atoms in total. The Morgan fingerprint density at radius 3 is 1.65 bits per heavy atom. The number of hydrogen-bond acceptors (Lipinski definition) is 5. The topological polar surface area (TPSA) is 65.0 Å². The van der Waals surface area contributed by atoms with Crippen molar-refractivity contribution in [2.24, 2.45) is 0 Å². The maximum absolute atomic E-state index is 5.80. The van der Waals surface area contributed by atoms with E-state index in [4.69, 9.17) is 13.8 Å². The van der Waals surface area contributed by atoms with Crippen LogP contribution < -0.4 is 0 Å². The minimum absolute atomic E-state index is 0.260. The van der Waals surface area contributed by atoms with Gasteiger partial charge in [-0.3, -0.25) is 0 Å². The predicted molar refractivity (Wildman–Crippen MR) is 128 cm³/mol. The fraction of sp³-hybridized carbons (Fsp3) is 0.292. The molecule has 0 spiro atoms. The molecule has 0 aliphatic carbocycles. The standard InChI is InChI=1S/C24H23Br2N3O2/c1-13(2)17-11-30-23(27-17)21-19(25)16(10-15-8-6-5-7-9-15)20(26)22(29-21)24-28-18(12-31-24)14(3)4/h5-9,11-14H,10H2,1-4H3. The molecular formula is C24H23Br2N3O2. The molecule has 31 heavy (non-hydrogen) atoms.